The Hall–Kier alpha value is -4.28. The van der Waals surface area contributed by atoms with Crippen molar-refractivity contribution < 1.29 is 32.6 Å². The third-order valence-electron chi connectivity index (χ3n) is 8.31. The molecular weight excluding hydrogens is 568 g/mol. The molecule has 228 valence electrons. The van der Waals surface area contributed by atoms with Crippen LogP contribution >= 0.6 is 0 Å². The zero-order valence-electron chi connectivity index (χ0n) is 24.5. The number of carbonyl (C=O) groups is 2. The number of pyridine rings is 2. The Bertz CT molecular complexity index is 1700. The topological polar surface area (TPSA) is 90.9 Å². The number of hydrogen-bond donors (Lipinski definition) is 0. The third kappa shape index (κ3) is 6.61. The average Bonchev–Trinajstić information content (AvgIpc) is 3.84. The molecule has 10 heteroatoms. The summed E-state index contributed by atoms with van der Waals surface area (Å²) in [7, 11) is 0. The van der Waals surface area contributed by atoms with Crippen molar-refractivity contribution in [1.82, 2.24) is 14.9 Å². The monoisotopic (exact) mass is 601 g/mol. The molecule has 0 N–H and O–H groups in total. The lowest BCUT2D eigenvalue weighted by atomic mass is 9.87. The van der Waals surface area contributed by atoms with Gasteiger partial charge in [-0.05, 0) is 60.7 Å². The number of ether oxygens (including phenoxy) is 3. The fraction of sp³-hybridized carbons (Fsp3) is 0.353. The minimum absolute atomic E-state index is 0.0107. The van der Waals surface area contributed by atoms with Gasteiger partial charge in [0, 0.05) is 50.9 Å². The van der Waals surface area contributed by atoms with E-state index in [0.717, 1.165) is 32.8 Å². The van der Waals surface area contributed by atoms with Crippen LogP contribution in [0.4, 0.5) is 8.78 Å². The molecule has 0 amide bonds. The van der Waals surface area contributed by atoms with Gasteiger partial charge in [-0.2, -0.15) is 0 Å². The fourth-order valence-corrected chi connectivity index (χ4v) is 5.49. The average molecular weight is 602 g/mol. The minimum Gasteiger partial charge on any atom is -0.476 e. The summed E-state index contributed by atoms with van der Waals surface area (Å²) in [6, 6.07) is 12.2. The van der Waals surface area contributed by atoms with Gasteiger partial charge in [0.05, 0.1) is 29.5 Å². The third-order valence-corrected chi connectivity index (χ3v) is 8.31. The number of halogens is 2. The van der Waals surface area contributed by atoms with Crippen molar-refractivity contribution in [1.29, 1.82) is 0 Å². The first-order chi connectivity index (χ1) is 21.3. The van der Waals surface area contributed by atoms with Crippen LogP contribution in [0, 0.1) is 24.0 Å². The largest absolute Gasteiger partial charge is 0.476 e. The number of carbonyl (C=O) groups excluding carboxylic acids is 2. The number of aromatic nitrogens is 2. The smallest absolute Gasteiger partial charge is 0.215 e. The van der Waals surface area contributed by atoms with Crippen LogP contribution in [0.3, 0.4) is 0 Å². The highest BCUT2D eigenvalue weighted by Crippen LogP contribution is 2.49. The van der Waals surface area contributed by atoms with Crippen LogP contribution in [-0.4, -0.2) is 65.9 Å². The van der Waals surface area contributed by atoms with E-state index in [-0.39, 0.29) is 36.0 Å². The summed E-state index contributed by atoms with van der Waals surface area (Å²) in [6.07, 6.45) is 4.09. The van der Waals surface area contributed by atoms with Gasteiger partial charge in [0.2, 0.25) is 5.88 Å². The Labute approximate surface area is 254 Å². The standard InChI is InChI=1S/C34H33F2N3O5/c1-22-16-23(2-4-26(22)35)18-31(40)34(7-8-34)32(41)19-24-3-5-30(27(36)17-24)44-29-6-9-37-28-20-33(38-21-25(28)29)43-15-12-39-10-13-42-14-11-39/h2-6,9,16-17,20-21H,7-8,10-15,18-19H2,1H3. The van der Waals surface area contributed by atoms with E-state index in [9.17, 15) is 14.0 Å². The number of hydrogen-bond acceptors (Lipinski definition) is 8. The highest BCUT2D eigenvalue weighted by molar-refractivity contribution is 6.11. The van der Waals surface area contributed by atoms with Crippen molar-refractivity contribution in [3.8, 4) is 17.4 Å². The number of morpholine rings is 1. The van der Waals surface area contributed by atoms with E-state index in [4.69, 9.17) is 14.2 Å². The quantitative estimate of drug-likeness (QED) is 0.199. The second-order valence-corrected chi connectivity index (χ2v) is 11.4. The van der Waals surface area contributed by atoms with Crippen LogP contribution in [0.1, 0.15) is 29.5 Å². The molecule has 1 aliphatic heterocycles. The summed E-state index contributed by atoms with van der Waals surface area (Å²) in [5, 5.41) is 0.595. The number of nitrogens with zero attached hydrogens (tertiary/aromatic N) is 3. The number of ketones is 2. The van der Waals surface area contributed by atoms with Gasteiger partial charge in [-0.25, -0.2) is 13.8 Å². The summed E-state index contributed by atoms with van der Waals surface area (Å²) in [6.45, 7) is 6.10. The van der Waals surface area contributed by atoms with Gasteiger partial charge in [0.15, 0.2) is 23.1 Å². The van der Waals surface area contributed by atoms with E-state index < -0.39 is 11.2 Å². The maximum Gasteiger partial charge on any atom is 0.215 e. The van der Waals surface area contributed by atoms with Crippen molar-refractivity contribution in [2.75, 3.05) is 39.5 Å². The van der Waals surface area contributed by atoms with Crippen molar-refractivity contribution in [3.63, 3.8) is 0 Å². The van der Waals surface area contributed by atoms with E-state index in [2.05, 4.69) is 14.9 Å². The van der Waals surface area contributed by atoms with Crippen LogP contribution in [0.2, 0.25) is 0 Å². The van der Waals surface area contributed by atoms with Crippen molar-refractivity contribution >= 4 is 22.5 Å². The lowest BCUT2D eigenvalue weighted by Crippen LogP contribution is -2.38. The molecule has 6 rings (SSSR count). The highest BCUT2D eigenvalue weighted by atomic mass is 19.1. The van der Waals surface area contributed by atoms with Gasteiger partial charge in [-0.3, -0.25) is 19.5 Å². The Balaban J connectivity index is 1.08. The number of Topliss-reactive ketones (excluding diaryl/α,β-unsaturated/α-hetero) is 2. The van der Waals surface area contributed by atoms with Crippen LogP contribution < -0.4 is 9.47 Å². The first-order valence-corrected chi connectivity index (χ1v) is 14.8. The summed E-state index contributed by atoms with van der Waals surface area (Å²) in [5.74, 6) is -0.575. The highest BCUT2D eigenvalue weighted by Gasteiger charge is 2.54. The summed E-state index contributed by atoms with van der Waals surface area (Å²) >= 11 is 0. The lowest BCUT2D eigenvalue weighted by molar-refractivity contribution is -0.133. The van der Waals surface area contributed by atoms with Crippen LogP contribution in [0.25, 0.3) is 10.9 Å². The summed E-state index contributed by atoms with van der Waals surface area (Å²) < 4.78 is 45.9. The molecule has 44 heavy (non-hydrogen) atoms. The second kappa shape index (κ2) is 12.8. The van der Waals surface area contributed by atoms with Gasteiger partial charge in [0.25, 0.3) is 0 Å². The maximum absolute atomic E-state index is 15.2. The SMILES string of the molecule is Cc1cc(CC(=O)C2(C(=O)Cc3ccc(Oc4ccnc5cc(OCCN6CCOCC6)ncc45)c(F)c3)CC2)ccc1F. The predicted molar refractivity (Wildman–Crippen MR) is 159 cm³/mol. The molecule has 2 aromatic heterocycles. The molecule has 0 radical (unpaired) electrons. The van der Waals surface area contributed by atoms with Crippen LogP contribution in [0.15, 0.2) is 60.9 Å². The number of fused-ring (bicyclic) bond motifs is 1. The van der Waals surface area contributed by atoms with Gasteiger partial charge in [-0.15, -0.1) is 0 Å². The summed E-state index contributed by atoms with van der Waals surface area (Å²) in [4.78, 5) is 37.3. The van der Waals surface area contributed by atoms with E-state index in [1.54, 1.807) is 49.6 Å². The normalized spacial score (nSPS) is 16.1. The molecule has 8 nitrogen and oxygen atoms in total. The van der Waals surface area contributed by atoms with E-state index in [1.165, 1.54) is 18.2 Å². The minimum atomic E-state index is -1.05. The Morgan fingerprint density at radius 3 is 2.34 bits per heavy atom. The lowest BCUT2D eigenvalue weighted by Gasteiger charge is -2.26. The van der Waals surface area contributed by atoms with Gasteiger partial charge >= 0.3 is 0 Å². The predicted octanol–water partition coefficient (Wildman–Crippen LogP) is 5.42. The van der Waals surface area contributed by atoms with Gasteiger partial charge < -0.3 is 14.2 Å². The molecule has 0 spiro atoms. The maximum atomic E-state index is 15.2. The van der Waals surface area contributed by atoms with Crippen LogP contribution in [0.5, 0.6) is 17.4 Å². The molecular formula is C34H33F2N3O5. The zero-order chi connectivity index (χ0) is 30.7. The van der Waals surface area contributed by atoms with E-state index in [0.29, 0.717) is 58.7 Å². The molecule has 3 heterocycles. The number of benzene rings is 2. The van der Waals surface area contributed by atoms with Gasteiger partial charge in [0.1, 0.15) is 18.2 Å². The Kier molecular flexibility index (Phi) is 8.63. The fourth-order valence-electron chi connectivity index (χ4n) is 5.49. The molecule has 4 aromatic rings. The first kappa shape index (κ1) is 29.8. The van der Waals surface area contributed by atoms with E-state index >= 15 is 4.39 Å². The number of rotatable bonds is 12. The van der Waals surface area contributed by atoms with Crippen molar-refractivity contribution in [2.24, 2.45) is 5.41 Å². The molecule has 2 aliphatic rings. The summed E-state index contributed by atoms with van der Waals surface area (Å²) in [5.41, 5.74) is 1.12. The molecule has 1 aliphatic carbocycles. The van der Waals surface area contributed by atoms with Crippen molar-refractivity contribution in [3.05, 3.63) is 89.2 Å². The molecule has 0 bridgehead atoms. The molecule has 2 fully saturated rings. The number of aryl methyl sites for hydroxylation is 1. The molecule has 1 saturated heterocycles. The molecule has 1 saturated carbocycles. The van der Waals surface area contributed by atoms with E-state index in [1.807, 2.05) is 0 Å². The zero-order valence-corrected chi connectivity index (χ0v) is 24.5. The molecule has 2 aromatic carbocycles. The van der Waals surface area contributed by atoms with Crippen molar-refractivity contribution in [2.45, 2.75) is 32.6 Å². The van der Waals surface area contributed by atoms with Crippen LogP contribution in [-0.2, 0) is 27.2 Å². The molecule has 0 atom stereocenters. The molecule has 0 unspecified atom stereocenters. The first-order valence-electron chi connectivity index (χ1n) is 14.8. The second-order valence-electron chi connectivity index (χ2n) is 11.4. The Morgan fingerprint density at radius 1 is 0.909 bits per heavy atom. The Morgan fingerprint density at radius 2 is 1.64 bits per heavy atom. The van der Waals surface area contributed by atoms with Gasteiger partial charge in [-0.1, -0.05) is 18.2 Å².